The van der Waals surface area contributed by atoms with Crippen LogP contribution in [0.2, 0.25) is 0 Å². The van der Waals surface area contributed by atoms with E-state index in [1.165, 1.54) is 0 Å². The molecule has 0 aromatic carbocycles. The standard InChI is InChI=1S/C20H28N8P4/c21-13-5-1-6-14(22)19(31)11(26-6)4-12-20(32)16(24)8(28-12)3-10-18(30)15(23)7(27-10)2-9(25-5)17(13)29/h25-28H,1-4,21-24,29-32H2. The van der Waals surface area contributed by atoms with Gasteiger partial charge in [-0.3, -0.25) is 0 Å². The second kappa shape index (κ2) is 7.82. The molecule has 1 aliphatic heterocycles. The van der Waals surface area contributed by atoms with E-state index in [4.69, 9.17) is 22.9 Å². The Bertz CT molecular complexity index is 1070. The van der Waals surface area contributed by atoms with Gasteiger partial charge in [0.2, 0.25) is 0 Å². The summed E-state index contributed by atoms with van der Waals surface area (Å²) >= 11 is 0. The molecule has 8 bridgehead atoms. The van der Waals surface area contributed by atoms with Crippen molar-refractivity contribution >= 4 is 80.9 Å². The highest BCUT2D eigenvalue weighted by atomic mass is 31.0. The van der Waals surface area contributed by atoms with E-state index in [2.05, 4.69) is 56.9 Å². The molecule has 4 aromatic rings. The number of nitrogens with one attached hydrogen (secondary N) is 4. The van der Waals surface area contributed by atoms with Crippen LogP contribution in [-0.2, 0) is 25.7 Å². The van der Waals surface area contributed by atoms with Gasteiger partial charge in [0.25, 0.3) is 0 Å². The van der Waals surface area contributed by atoms with E-state index in [-0.39, 0.29) is 0 Å². The predicted molar refractivity (Wildman–Crippen MR) is 149 cm³/mol. The van der Waals surface area contributed by atoms with E-state index in [0.29, 0.717) is 25.7 Å². The Labute approximate surface area is 195 Å². The largest absolute Gasteiger partial charge is 0.397 e. The molecule has 4 unspecified atom stereocenters. The predicted octanol–water partition coefficient (Wildman–Crippen LogP) is 0.00600. The van der Waals surface area contributed by atoms with Gasteiger partial charge in [0.05, 0.1) is 22.7 Å². The lowest BCUT2D eigenvalue weighted by molar-refractivity contribution is 0.954. The van der Waals surface area contributed by atoms with Crippen molar-refractivity contribution in [1.29, 1.82) is 0 Å². The molecule has 0 aliphatic carbocycles. The van der Waals surface area contributed by atoms with Gasteiger partial charge in [-0.2, -0.15) is 0 Å². The molecule has 12 heteroatoms. The molecule has 0 amide bonds. The quantitative estimate of drug-likeness (QED) is 0.139. The Morgan fingerprint density at radius 3 is 0.812 bits per heavy atom. The van der Waals surface area contributed by atoms with E-state index < -0.39 is 0 Å². The summed E-state index contributed by atoms with van der Waals surface area (Å²) in [5.74, 6) is 0. The van der Waals surface area contributed by atoms with Crippen LogP contribution in [-0.4, -0.2) is 19.9 Å². The molecular weight excluding hydrogens is 476 g/mol. The van der Waals surface area contributed by atoms with Crippen molar-refractivity contribution in [3.05, 3.63) is 45.6 Å². The average Bonchev–Trinajstić information content (AvgIpc) is 3.37. The normalized spacial score (nSPS) is 13.6. The highest BCUT2D eigenvalue weighted by Crippen LogP contribution is 2.27. The second-order valence-corrected chi connectivity index (χ2v) is 10.7. The maximum absolute atomic E-state index is 6.47. The summed E-state index contributed by atoms with van der Waals surface area (Å²) in [5.41, 5.74) is 36.6. The van der Waals surface area contributed by atoms with Gasteiger partial charge < -0.3 is 42.9 Å². The van der Waals surface area contributed by atoms with Crippen LogP contribution in [0.3, 0.4) is 0 Å². The summed E-state index contributed by atoms with van der Waals surface area (Å²) in [5, 5.41) is 3.85. The number of anilines is 4. The summed E-state index contributed by atoms with van der Waals surface area (Å²) in [6, 6.07) is 0. The number of fused-ring (bicyclic) bond motifs is 8. The summed E-state index contributed by atoms with van der Waals surface area (Å²) in [6.45, 7) is 0. The lowest BCUT2D eigenvalue weighted by Gasteiger charge is -2.02. The number of hydrogen-bond donors (Lipinski definition) is 8. The van der Waals surface area contributed by atoms with Crippen LogP contribution in [0.4, 0.5) is 22.7 Å². The van der Waals surface area contributed by atoms with E-state index in [0.717, 1.165) is 89.5 Å². The van der Waals surface area contributed by atoms with Crippen LogP contribution in [0.1, 0.15) is 45.6 Å². The fourth-order valence-electron chi connectivity index (χ4n) is 4.39. The maximum atomic E-state index is 6.47. The third kappa shape index (κ3) is 3.37. The van der Waals surface area contributed by atoms with Crippen molar-refractivity contribution in [2.45, 2.75) is 25.7 Å². The minimum atomic E-state index is 0.576. The van der Waals surface area contributed by atoms with Crippen molar-refractivity contribution in [2.75, 3.05) is 22.9 Å². The van der Waals surface area contributed by atoms with Crippen molar-refractivity contribution in [2.24, 2.45) is 0 Å². The molecule has 168 valence electrons. The molecule has 4 aromatic heterocycles. The van der Waals surface area contributed by atoms with Crippen LogP contribution in [0.5, 0.6) is 0 Å². The minimum Gasteiger partial charge on any atom is -0.397 e. The number of aromatic amines is 4. The van der Waals surface area contributed by atoms with Crippen molar-refractivity contribution < 1.29 is 0 Å². The van der Waals surface area contributed by atoms with Crippen LogP contribution in [0, 0.1) is 0 Å². The van der Waals surface area contributed by atoms with Gasteiger partial charge in [-0.25, -0.2) is 0 Å². The van der Waals surface area contributed by atoms with E-state index >= 15 is 0 Å². The minimum absolute atomic E-state index is 0.576. The molecule has 0 radical (unpaired) electrons. The van der Waals surface area contributed by atoms with Crippen molar-refractivity contribution in [3.63, 3.8) is 0 Å². The molecule has 0 spiro atoms. The topological polar surface area (TPSA) is 167 Å². The molecule has 12 N–H and O–H groups in total. The third-order valence-electron chi connectivity index (χ3n) is 6.38. The first-order valence-corrected chi connectivity index (χ1v) is 12.4. The van der Waals surface area contributed by atoms with Crippen LogP contribution in [0.15, 0.2) is 0 Å². The van der Waals surface area contributed by atoms with Gasteiger partial charge in [0, 0.05) is 92.5 Å². The Morgan fingerprint density at radius 2 is 0.562 bits per heavy atom. The first-order chi connectivity index (χ1) is 15.2. The highest BCUT2D eigenvalue weighted by Gasteiger charge is 2.22. The molecule has 32 heavy (non-hydrogen) atoms. The molecule has 5 heterocycles. The van der Waals surface area contributed by atoms with E-state index in [1.807, 2.05) is 0 Å². The smallest absolute Gasteiger partial charge is 0.0604 e. The first kappa shape index (κ1) is 21.9. The molecule has 4 atom stereocenters. The van der Waals surface area contributed by atoms with Crippen LogP contribution in [0.25, 0.3) is 0 Å². The number of aromatic nitrogens is 4. The fraction of sp³-hybridized carbons (Fsp3) is 0.200. The van der Waals surface area contributed by atoms with Gasteiger partial charge in [-0.1, -0.05) is 0 Å². The summed E-state index contributed by atoms with van der Waals surface area (Å²) in [4.78, 5) is 14.1. The molecule has 8 nitrogen and oxygen atoms in total. The second-order valence-electron chi connectivity index (χ2n) is 8.34. The molecule has 1 aliphatic rings. The molecule has 0 saturated carbocycles. The average molecular weight is 504 g/mol. The first-order valence-electron chi connectivity index (χ1n) is 10.1. The lowest BCUT2D eigenvalue weighted by Crippen LogP contribution is -2.08. The zero-order valence-corrected chi connectivity index (χ0v) is 22.1. The number of nitrogens with two attached hydrogens (primary N) is 4. The Hall–Kier alpha value is -1.96. The number of nitrogen functional groups attached to an aromatic ring is 4. The summed E-state index contributed by atoms with van der Waals surface area (Å²) in [6.07, 6.45) is 2.45. The molecule has 5 rings (SSSR count). The van der Waals surface area contributed by atoms with E-state index in [1.54, 1.807) is 0 Å². The molecular formula is C20H28N8P4. The van der Waals surface area contributed by atoms with Gasteiger partial charge in [-0.05, 0) is 0 Å². The number of hydrogen-bond acceptors (Lipinski definition) is 4. The zero-order valence-electron chi connectivity index (χ0n) is 17.4. The lowest BCUT2D eigenvalue weighted by atomic mass is 10.2. The van der Waals surface area contributed by atoms with Gasteiger partial charge in [0.15, 0.2) is 0 Å². The van der Waals surface area contributed by atoms with E-state index in [9.17, 15) is 0 Å². The zero-order chi connectivity index (χ0) is 22.9. The van der Waals surface area contributed by atoms with Crippen molar-refractivity contribution in [1.82, 2.24) is 19.9 Å². The third-order valence-corrected chi connectivity index (χ3v) is 9.02. The SMILES string of the molecule is Nc1c2[nH]c(c1P)Cc1[nH]c(c(P)c1N)Cc1[nH]c(c(P)c1N)Cc1[nH]c(c(N)c1P)C2. The number of H-pyrrole nitrogens is 4. The molecule has 0 saturated heterocycles. The highest BCUT2D eigenvalue weighted by molar-refractivity contribution is 7.29. The summed E-state index contributed by atoms with van der Waals surface area (Å²) < 4.78 is 0. The Morgan fingerprint density at radius 1 is 0.375 bits per heavy atom. The van der Waals surface area contributed by atoms with Crippen LogP contribution < -0.4 is 44.2 Å². The van der Waals surface area contributed by atoms with Crippen molar-refractivity contribution in [3.8, 4) is 0 Å². The van der Waals surface area contributed by atoms with Gasteiger partial charge >= 0.3 is 0 Å². The fourth-order valence-corrected chi connectivity index (χ4v) is 5.78. The Kier molecular flexibility index (Phi) is 5.34. The maximum Gasteiger partial charge on any atom is 0.0604 e. The van der Waals surface area contributed by atoms with Gasteiger partial charge in [-0.15, -0.1) is 37.0 Å². The van der Waals surface area contributed by atoms with Gasteiger partial charge in [0.1, 0.15) is 0 Å². The van der Waals surface area contributed by atoms with Crippen LogP contribution >= 0.6 is 37.0 Å². The summed E-state index contributed by atoms with van der Waals surface area (Å²) in [7, 11) is 11.0. The molecule has 0 fully saturated rings. The monoisotopic (exact) mass is 504 g/mol. The number of rotatable bonds is 0. The Balaban J connectivity index is 1.70.